The van der Waals surface area contributed by atoms with Crippen LogP contribution in [0.1, 0.15) is 27.2 Å². The molecule has 2 unspecified atom stereocenters. The van der Waals surface area contributed by atoms with E-state index in [0.29, 0.717) is 13.0 Å². The Morgan fingerprint density at radius 1 is 1.26 bits per heavy atom. The van der Waals surface area contributed by atoms with Gasteiger partial charge < -0.3 is 24.1 Å². The molecule has 0 aromatic carbocycles. The maximum Gasteiger partial charge on any atom is 0.303 e. The van der Waals surface area contributed by atoms with Crippen LogP contribution >= 0.6 is 0 Å². The lowest BCUT2D eigenvalue weighted by Crippen LogP contribution is -2.61. The summed E-state index contributed by atoms with van der Waals surface area (Å²) in [5, 5.41) is 13.0. The molecule has 130 valence electrons. The van der Waals surface area contributed by atoms with Crippen molar-refractivity contribution < 1.29 is 33.6 Å². The minimum Gasteiger partial charge on any atom is -0.458 e. The van der Waals surface area contributed by atoms with Gasteiger partial charge >= 0.3 is 11.9 Å². The molecule has 1 saturated heterocycles. The van der Waals surface area contributed by atoms with Crippen molar-refractivity contribution in [3.8, 4) is 0 Å². The Kier molecular flexibility index (Phi) is 7.76. The van der Waals surface area contributed by atoms with Crippen LogP contribution < -0.4 is 0 Å². The van der Waals surface area contributed by atoms with Crippen LogP contribution in [-0.2, 0) is 28.5 Å². The summed E-state index contributed by atoms with van der Waals surface area (Å²) in [5.74, 6) is -1.31. The fourth-order valence-corrected chi connectivity index (χ4v) is 2.25. The second-order valence-corrected chi connectivity index (χ2v) is 4.94. The molecular weight excluding hydrogens is 310 g/mol. The van der Waals surface area contributed by atoms with Crippen LogP contribution in [0.4, 0.5) is 0 Å². The molecule has 0 radical (unpaired) electrons. The third kappa shape index (κ3) is 5.36. The Morgan fingerprint density at radius 2 is 1.87 bits per heavy atom. The van der Waals surface area contributed by atoms with Gasteiger partial charge in [-0.05, 0) is 12.0 Å². The van der Waals surface area contributed by atoms with Gasteiger partial charge in [-0.2, -0.15) is 0 Å². The number of esters is 2. The van der Waals surface area contributed by atoms with Gasteiger partial charge in [-0.15, -0.1) is 0 Å². The Morgan fingerprint density at radius 3 is 2.35 bits per heavy atom. The van der Waals surface area contributed by atoms with Crippen LogP contribution in [0.2, 0.25) is 0 Å². The molecule has 5 atom stereocenters. The molecule has 1 fully saturated rings. The highest BCUT2D eigenvalue weighted by atomic mass is 16.7. The lowest BCUT2D eigenvalue weighted by atomic mass is 9.97. The zero-order valence-corrected chi connectivity index (χ0v) is 13.2. The lowest BCUT2D eigenvalue weighted by Gasteiger charge is -2.43. The topological polar surface area (TPSA) is 140 Å². The molecule has 0 saturated carbocycles. The van der Waals surface area contributed by atoms with E-state index in [2.05, 4.69) is 10.0 Å². The Balaban J connectivity index is 3.15. The van der Waals surface area contributed by atoms with Crippen LogP contribution in [0.15, 0.2) is 5.11 Å². The number of carbonyl (C=O) groups excluding carboxylic acids is 2. The van der Waals surface area contributed by atoms with Crippen molar-refractivity contribution in [1.82, 2.24) is 0 Å². The molecule has 0 aliphatic carbocycles. The first kappa shape index (κ1) is 19.2. The van der Waals surface area contributed by atoms with Crippen molar-refractivity contribution in [2.75, 3.05) is 13.2 Å². The van der Waals surface area contributed by atoms with Gasteiger partial charge in [0.25, 0.3) is 0 Å². The van der Waals surface area contributed by atoms with Crippen LogP contribution in [-0.4, -0.2) is 60.9 Å². The minimum absolute atomic E-state index is 0.311. The fraction of sp³-hybridized carbons (Fsp3) is 0.846. The van der Waals surface area contributed by atoms with E-state index in [1.54, 1.807) is 0 Å². The van der Waals surface area contributed by atoms with Gasteiger partial charge in [0.2, 0.25) is 0 Å². The summed E-state index contributed by atoms with van der Waals surface area (Å²) in [5.41, 5.74) is 8.75. The zero-order valence-electron chi connectivity index (χ0n) is 13.2. The summed E-state index contributed by atoms with van der Waals surface area (Å²) in [6.07, 6.45) is -3.56. The molecule has 1 heterocycles. The quantitative estimate of drug-likeness (QED) is 0.313. The first-order valence-corrected chi connectivity index (χ1v) is 7.21. The Bertz CT molecular complexity index is 466. The third-order valence-electron chi connectivity index (χ3n) is 3.07. The third-order valence-corrected chi connectivity index (χ3v) is 3.07. The monoisotopic (exact) mass is 331 g/mol. The minimum atomic E-state index is -1.12. The first-order chi connectivity index (χ1) is 10.9. The molecule has 10 nitrogen and oxygen atoms in total. The SMILES string of the molecule is CCCO[C@H]1OC(CO)[C@@H](OC(C)=O)[C@H](OC(C)=O)C1N=[N+]=[N-]. The summed E-state index contributed by atoms with van der Waals surface area (Å²) in [4.78, 5) is 25.4. The number of nitrogens with zero attached hydrogens (tertiary/aromatic N) is 3. The smallest absolute Gasteiger partial charge is 0.303 e. The zero-order chi connectivity index (χ0) is 17.4. The second-order valence-electron chi connectivity index (χ2n) is 4.94. The fourth-order valence-electron chi connectivity index (χ4n) is 2.25. The number of rotatable bonds is 7. The number of carbonyl (C=O) groups is 2. The van der Waals surface area contributed by atoms with E-state index in [1.807, 2.05) is 6.92 Å². The lowest BCUT2D eigenvalue weighted by molar-refractivity contribution is -0.272. The summed E-state index contributed by atoms with van der Waals surface area (Å²) < 4.78 is 21.2. The van der Waals surface area contributed by atoms with Gasteiger partial charge in [0.1, 0.15) is 12.1 Å². The van der Waals surface area contributed by atoms with Crippen LogP contribution in [0.3, 0.4) is 0 Å². The van der Waals surface area contributed by atoms with E-state index < -0.39 is 49.2 Å². The van der Waals surface area contributed by atoms with E-state index in [-0.39, 0.29) is 0 Å². The Hall–Kier alpha value is -1.87. The molecule has 0 aromatic heterocycles. The van der Waals surface area contributed by atoms with Crippen LogP contribution in [0.25, 0.3) is 10.4 Å². The molecule has 10 heteroatoms. The summed E-state index contributed by atoms with van der Waals surface area (Å²) in [6, 6.07) is -1.05. The summed E-state index contributed by atoms with van der Waals surface area (Å²) >= 11 is 0. The number of hydrogen-bond donors (Lipinski definition) is 1. The van der Waals surface area contributed by atoms with Crippen molar-refractivity contribution in [2.45, 2.75) is 57.8 Å². The average molecular weight is 331 g/mol. The molecule has 23 heavy (non-hydrogen) atoms. The number of aliphatic hydroxyl groups excluding tert-OH is 1. The molecule has 1 rings (SSSR count). The normalized spacial score (nSPS) is 30.2. The number of ether oxygens (including phenoxy) is 4. The van der Waals surface area contributed by atoms with Crippen LogP contribution in [0.5, 0.6) is 0 Å². The molecule has 0 bridgehead atoms. The van der Waals surface area contributed by atoms with Gasteiger partial charge in [-0.25, -0.2) is 0 Å². The van der Waals surface area contributed by atoms with Crippen molar-refractivity contribution in [2.24, 2.45) is 5.11 Å². The van der Waals surface area contributed by atoms with Gasteiger partial charge in [0.05, 0.1) is 6.61 Å². The average Bonchev–Trinajstić information content (AvgIpc) is 2.48. The van der Waals surface area contributed by atoms with E-state index >= 15 is 0 Å². The maximum absolute atomic E-state index is 11.4. The van der Waals surface area contributed by atoms with E-state index in [4.69, 9.17) is 24.5 Å². The van der Waals surface area contributed by atoms with Gasteiger partial charge in [-0.3, -0.25) is 9.59 Å². The van der Waals surface area contributed by atoms with E-state index in [9.17, 15) is 14.7 Å². The molecule has 0 amide bonds. The summed E-state index contributed by atoms with van der Waals surface area (Å²) in [6.45, 7) is 4.03. The highest BCUT2D eigenvalue weighted by Gasteiger charge is 2.49. The molecule has 1 aliphatic heterocycles. The van der Waals surface area contributed by atoms with Crippen LogP contribution in [0, 0.1) is 0 Å². The van der Waals surface area contributed by atoms with E-state index in [1.165, 1.54) is 13.8 Å². The molecule has 1 aliphatic rings. The van der Waals surface area contributed by atoms with Gasteiger partial charge in [-0.1, -0.05) is 12.0 Å². The van der Waals surface area contributed by atoms with Gasteiger partial charge in [0, 0.05) is 25.4 Å². The molecule has 1 N–H and O–H groups in total. The predicted molar refractivity (Wildman–Crippen MR) is 76.0 cm³/mol. The number of azide groups is 1. The summed E-state index contributed by atoms with van der Waals surface area (Å²) in [7, 11) is 0. The van der Waals surface area contributed by atoms with E-state index in [0.717, 1.165) is 0 Å². The number of hydrogen-bond acceptors (Lipinski definition) is 8. The van der Waals surface area contributed by atoms with Crippen molar-refractivity contribution in [1.29, 1.82) is 0 Å². The molecule has 0 spiro atoms. The standard InChI is InChI=1S/C13H21N3O7/c1-4-5-20-13-10(15-16-14)12(22-8(3)19)11(21-7(2)18)9(6-17)23-13/h9-13,17H,4-6H2,1-3H3/t9?,10?,11-,12-,13+/m1/s1. The first-order valence-electron chi connectivity index (χ1n) is 7.21. The highest BCUT2D eigenvalue weighted by Crippen LogP contribution is 2.29. The van der Waals surface area contributed by atoms with Crippen molar-refractivity contribution >= 4 is 11.9 Å². The molecule has 0 aromatic rings. The Labute approximate surface area is 133 Å². The predicted octanol–water partition coefficient (Wildman–Crippen LogP) is 0.672. The number of aliphatic hydroxyl groups is 1. The molecular formula is C13H21N3O7. The maximum atomic E-state index is 11.4. The second kappa shape index (κ2) is 9.31. The largest absolute Gasteiger partial charge is 0.458 e. The highest BCUT2D eigenvalue weighted by molar-refractivity contribution is 5.67. The van der Waals surface area contributed by atoms with Crippen molar-refractivity contribution in [3.05, 3.63) is 10.4 Å². The van der Waals surface area contributed by atoms with Gasteiger partial charge in [0.15, 0.2) is 18.5 Å². The van der Waals surface area contributed by atoms with Crippen molar-refractivity contribution in [3.63, 3.8) is 0 Å².